The zero-order valence-electron chi connectivity index (χ0n) is 12.4. The number of hydrogen-bond donors (Lipinski definition) is 1. The second-order valence-corrected chi connectivity index (χ2v) is 5.57. The lowest BCUT2D eigenvalue weighted by atomic mass is 9.94. The molecule has 0 aromatic carbocycles. The van der Waals surface area contributed by atoms with Crippen molar-refractivity contribution in [2.45, 2.75) is 31.8 Å². The zero-order chi connectivity index (χ0) is 15.3. The summed E-state index contributed by atoms with van der Waals surface area (Å²) in [5.41, 5.74) is -0.795. The summed E-state index contributed by atoms with van der Waals surface area (Å²) in [7, 11) is 1.81. The van der Waals surface area contributed by atoms with Crippen LogP contribution in [0.3, 0.4) is 0 Å². The van der Waals surface area contributed by atoms with Gasteiger partial charge in [0.2, 0.25) is 11.2 Å². The van der Waals surface area contributed by atoms with E-state index in [-0.39, 0.29) is 11.3 Å². The van der Waals surface area contributed by atoms with Gasteiger partial charge in [-0.1, -0.05) is 6.92 Å². The van der Waals surface area contributed by atoms with Gasteiger partial charge in [0.05, 0.1) is 12.2 Å². The lowest BCUT2D eigenvalue weighted by Crippen LogP contribution is -2.46. The fourth-order valence-corrected chi connectivity index (χ4v) is 2.32. The topological polar surface area (TPSA) is 80.6 Å². The van der Waals surface area contributed by atoms with E-state index in [1.165, 1.54) is 0 Å². The maximum absolute atomic E-state index is 10.5. The predicted molar refractivity (Wildman–Crippen MR) is 78.9 cm³/mol. The lowest BCUT2D eigenvalue weighted by Gasteiger charge is -2.35. The van der Waals surface area contributed by atoms with E-state index in [0.29, 0.717) is 45.2 Å². The molecule has 0 bridgehead atoms. The van der Waals surface area contributed by atoms with E-state index in [1.807, 2.05) is 14.0 Å². The second-order valence-electron chi connectivity index (χ2n) is 5.23. The van der Waals surface area contributed by atoms with E-state index in [0.717, 1.165) is 6.42 Å². The number of hydrogen-bond acceptors (Lipinski definition) is 7. The Morgan fingerprint density at radius 1 is 1.33 bits per heavy atom. The van der Waals surface area contributed by atoms with Gasteiger partial charge in [0.15, 0.2) is 0 Å². The van der Waals surface area contributed by atoms with Gasteiger partial charge in [-0.3, -0.25) is 0 Å². The minimum absolute atomic E-state index is 0.0805. The van der Waals surface area contributed by atoms with Crippen molar-refractivity contribution in [2.24, 2.45) is 0 Å². The molecule has 0 saturated carbocycles. The smallest absolute Gasteiger partial charge is 0.322 e. The Morgan fingerprint density at radius 3 is 2.71 bits per heavy atom. The number of aromatic nitrogens is 3. The standard InChI is InChI=1S/C13H21ClN4O3/c1-3-6-21-12-16-10(14)15-11(17-12)18(2)9-13(19)4-7-20-8-5-13/h19H,3-9H2,1-2H3. The van der Waals surface area contributed by atoms with Gasteiger partial charge in [-0.2, -0.15) is 15.0 Å². The maximum Gasteiger partial charge on any atom is 0.322 e. The first kappa shape index (κ1) is 16.2. The van der Waals surface area contributed by atoms with Gasteiger partial charge in [0.1, 0.15) is 0 Å². The molecule has 0 amide bonds. The zero-order valence-corrected chi connectivity index (χ0v) is 13.1. The molecule has 118 valence electrons. The van der Waals surface area contributed by atoms with Crippen LogP contribution in [0.2, 0.25) is 5.28 Å². The summed E-state index contributed by atoms with van der Waals surface area (Å²) < 4.78 is 10.7. The van der Waals surface area contributed by atoms with Gasteiger partial charge < -0.3 is 19.5 Å². The summed E-state index contributed by atoms with van der Waals surface area (Å²) >= 11 is 5.90. The van der Waals surface area contributed by atoms with E-state index < -0.39 is 5.60 Å². The first-order chi connectivity index (χ1) is 10.0. The summed E-state index contributed by atoms with van der Waals surface area (Å²) in [6, 6.07) is 0.206. The van der Waals surface area contributed by atoms with E-state index in [2.05, 4.69) is 15.0 Å². The Morgan fingerprint density at radius 2 is 2.05 bits per heavy atom. The molecular formula is C13H21ClN4O3. The quantitative estimate of drug-likeness (QED) is 0.847. The van der Waals surface area contributed by atoms with Gasteiger partial charge in [0.25, 0.3) is 0 Å². The summed E-state index contributed by atoms with van der Waals surface area (Å²) in [6.07, 6.45) is 2.04. The minimum Gasteiger partial charge on any atom is -0.463 e. The molecule has 1 N–H and O–H groups in total. The van der Waals surface area contributed by atoms with Gasteiger partial charge in [-0.05, 0) is 18.0 Å². The van der Waals surface area contributed by atoms with Crippen molar-refractivity contribution >= 4 is 17.5 Å². The predicted octanol–water partition coefficient (Wildman–Crippen LogP) is 1.29. The number of halogens is 1. The third kappa shape index (κ3) is 4.66. The van der Waals surface area contributed by atoms with Crippen LogP contribution in [0.25, 0.3) is 0 Å². The van der Waals surface area contributed by atoms with Crippen molar-refractivity contribution in [1.82, 2.24) is 15.0 Å². The van der Waals surface area contributed by atoms with Crippen molar-refractivity contribution in [3.8, 4) is 6.01 Å². The highest BCUT2D eigenvalue weighted by atomic mass is 35.5. The molecule has 0 aliphatic carbocycles. The summed E-state index contributed by atoms with van der Waals surface area (Å²) in [5.74, 6) is 0.390. The van der Waals surface area contributed by atoms with Crippen LogP contribution in [0.5, 0.6) is 6.01 Å². The maximum atomic E-state index is 10.5. The Hall–Kier alpha value is -1.18. The molecule has 21 heavy (non-hydrogen) atoms. The number of aliphatic hydroxyl groups is 1. The Labute approximate surface area is 129 Å². The summed E-state index contributed by atoms with van der Waals surface area (Å²) in [6.45, 7) is 4.05. The Kier molecular flexibility index (Phi) is 5.55. The number of likely N-dealkylation sites (N-methyl/N-ethyl adjacent to an activating group) is 1. The van der Waals surface area contributed by atoms with Crippen LogP contribution < -0.4 is 9.64 Å². The molecule has 0 unspecified atom stereocenters. The van der Waals surface area contributed by atoms with Crippen molar-refractivity contribution < 1.29 is 14.6 Å². The van der Waals surface area contributed by atoms with E-state index in [9.17, 15) is 5.11 Å². The Balaban J connectivity index is 2.07. The molecule has 1 aromatic rings. The van der Waals surface area contributed by atoms with Gasteiger partial charge in [0, 0.05) is 39.6 Å². The Bertz CT molecular complexity index is 469. The fraction of sp³-hybridized carbons (Fsp3) is 0.769. The molecule has 1 aliphatic rings. The molecule has 8 heteroatoms. The van der Waals surface area contributed by atoms with Gasteiger partial charge in [-0.15, -0.1) is 0 Å². The molecule has 2 rings (SSSR count). The number of anilines is 1. The van der Waals surface area contributed by atoms with Crippen molar-refractivity contribution in [2.75, 3.05) is 38.3 Å². The third-order valence-corrected chi connectivity index (χ3v) is 3.48. The van der Waals surface area contributed by atoms with Crippen LogP contribution in [-0.2, 0) is 4.74 Å². The highest BCUT2D eigenvalue weighted by Gasteiger charge is 2.32. The SMILES string of the molecule is CCCOc1nc(Cl)nc(N(C)CC2(O)CCOCC2)n1. The average molecular weight is 317 g/mol. The minimum atomic E-state index is -0.795. The number of rotatable bonds is 6. The largest absolute Gasteiger partial charge is 0.463 e. The van der Waals surface area contributed by atoms with Crippen LogP contribution in [0.1, 0.15) is 26.2 Å². The first-order valence-corrected chi connectivity index (χ1v) is 7.46. The highest BCUT2D eigenvalue weighted by molar-refractivity contribution is 6.28. The lowest BCUT2D eigenvalue weighted by molar-refractivity contribution is -0.0574. The first-order valence-electron chi connectivity index (χ1n) is 7.08. The molecule has 0 atom stereocenters. The molecular weight excluding hydrogens is 296 g/mol. The van der Waals surface area contributed by atoms with E-state index >= 15 is 0 Å². The fourth-order valence-electron chi connectivity index (χ4n) is 2.17. The van der Waals surface area contributed by atoms with Crippen LogP contribution in [0, 0.1) is 0 Å². The average Bonchev–Trinajstić information content (AvgIpc) is 2.45. The third-order valence-electron chi connectivity index (χ3n) is 3.31. The van der Waals surface area contributed by atoms with Crippen LogP contribution in [-0.4, -0.2) is 59.1 Å². The van der Waals surface area contributed by atoms with Crippen molar-refractivity contribution in [1.29, 1.82) is 0 Å². The number of ether oxygens (including phenoxy) is 2. The van der Waals surface area contributed by atoms with Gasteiger partial charge >= 0.3 is 6.01 Å². The molecule has 1 saturated heterocycles. The molecule has 2 heterocycles. The second kappa shape index (κ2) is 7.20. The summed E-state index contributed by atoms with van der Waals surface area (Å²) in [4.78, 5) is 14.0. The molecule has 1 fully saturated rings. The van der Waals surface area contributed by atoms with Crippen molar-refractivity contribution in [3.05, 3.63) is 5.28 Å². The molecule has 0 radical (unpaired) electrons. The molecule has 1 aromatic heterocycles. The highest BCUT2D eigenvalue weighted by Crippen LogP contribution is 2.23. The normalized spacial score (nSPS) is 17.5. The van der Waals surface area contributed by atoms with Crippen molar-refractivity contribution in [3.63, 3.8) is 0 Å². The van der Waals surface area contributed by atoms with E-state index in [1.54, 1.807) is 4.90 Å². The van der Waals surface area contributed by atoms with E-state index in [4.69, 9.17) is 21.1 Å². The molecule has 7 nitrogen and oxygen atoms in total. The summed E-state index contributed by atoms with van der Waals surface area (Å²) in [5, 5.41) is 10.6. The monoisotopic (exact) mass is 316 g/mol. The van der Waals surface area contributed by atoms with Gasteiger partial charge in [-0.25, -0.2) is 0 Å². The van der Waals surface area contributed by atoms with Crippen LogP contribution >= 0.6 is 11.6 Å². The molecule has 1 aliphatic heterocycles. The van der Waals surface area contributed by atoms with Crippen LogP contribution in [0.4, 0.5) is 5.95 Å². The molecule has 0 spiro atoms. The number of nitrogens with zero attached hydrogens (tertiary/aromatic N) is 4. The van der Waals surface area contributed by atoms with Crippen LogP contribution in [0.15, 0.2) is 0 Å².